The van der Waals surface area contributed by atoms with Gasteiger partial charge in [-0.25, -0.2) is 4.98 Å². The first kappa shape index (κ1) is 14.1. The molecule has 0 saturated carbocycles. The smallest absolute Gasteiger partial charge is 0.237 e. The minimum absolute atomic E-state index is 0.246. The van der Waals surface area contributed by atoms with E-state index in [-0.39, 0.29) is 6.79 Å². The average molecular weight is 327 g/mol. The normalized spacial score (nSPS) is 12.6. The van der Waals surface area contributed by atoms with E-state index < -0.39 is 0 Å². The second-order valence-electron chi connectivity index (χ2n) is 5.04. The number of aromatic nitrogens is 3. The number of nitrogens with zero attached hydrogens (tertiary/aromatic N) is 3. The zero-order chi connectivity index (χ0) is 15.6. The number of pyridine rings is 1. The van der Waals surface area contributed by atoms with Gasteiger partial charge < -0.3 is 14.0 Å². The zero-order valence-corrected chi connectivity index (χ0v) is 13.2. The Kier molecular flexibility index (Phi) is 3.63. The van der Waals surface area contributed by atoms with Crippen molar-refractivity contribution in [3.05, 3.63) is 48.0 Å². The summed E-state index contributed by atoms with van der Waals surface area (Å²) in [7, 11) is 0. The van der Waals surface area contributed by atoms with Gasteiger partial charge in [0.1, 0.15) is 0 Å². The maximum Gasteiger partial charge on any atom is 0.237 e. The molecule has 116 valence electrons. The van der Waals surface area contributed by atoms with E-state index in [4.69, 9.17) is 14.0 Å². The fourth-order valence-electron chi connectivity index (χ4n) is 2.19. The van der Waals surface area contributed by atoms with Gasteiger partial charge in [-0.05, 0) is 42.8 Å². The van der Waals surface area contributed by atoms with Gasteiger partial charge in [0.05, 0.1) is 10.8 Å². The lowest BCUT2D eigenvalue weighted by Gasteiger charge is -1.98. The molecule has 3 heterocycles. The molecule has 0 saturated heterocycles. The van der Waals surface area contributed by atoms with Gasteiger partial charge in [-0.3, -0.25) is 0 Å². The molecular formula is C16H13N3O3S. The lowest BCUT2D eigenvalue weighted by atomic mass is 10.2. The number of thioether (sulfide) groups is 1. The van der Waals surface area contributed by atoms with Gasteiger partial charge >= 0.3 is 0 Å². The summed E-state index contributed by atoms with van der Waals surface area (Å²) in [6.07, 6.45) is 1.80. The molecule has 1 aliphatic heterocycles. The predicted octanol–water partition coefficient (Wildman–Crippen LogP) is 3.46. The average Bonchev–Trinajstić information content (AvgIpc) is 3.21. The van der Waals surface area contributed by atoms with Gasteiger partial charge in [0, 0.05) is 11.8 Å². The molecule has 0 unspecified atom stereocenters. The van der Waals surface area contributed by atoms with E-state index in [0.29, 0.717) is 23.2 Å². The molecule has 6 nitrogen and oxygen atoms in total. The van der Waals surface area contributed by atoms with Crippen LogP contribution in [0, 0.1) is 6.92 Å². The second-order valence-corrected chi connectivity index (χ2v) is 6.04. The van der Waals surface area contributed by atoms with Gasteiger partial charge in [0.2, 0.25) is 18.5 Å². The van der Waals surface area contributed by atoms with Crippen LogP contribution in [0.1, 0.15) is 11.5 Å². The summed E-state index contributed by atoms with van der Waals surface area (Å²) in [6.45, 7) is 2.28. The molecule has 2 aromatic heterocycles. The summed E-state index contributed by atoms with van der Waals surface area (Å²) >= 11 is 1.56. The van der Waals surface area contributed by atoms with Crippen molar-refractivity contribution in [1.29, 1.82) is 0 Å². The van der Waals surface area contributed by atoms with Crippen molar-refractivity contribution in [2.75, 3.05) is 6.79 Å². The van der Waals surface area contributed by atoms with Crippen LogP contribution in [0.3, 0.4) is 0 Å². The Morgan fingerprint density at radius 3 is 2.96 bits per heavy atom. The van der Waals surface area contributed by atoms with Crippen molar-refractivity contribution in [3.63, 3.8) is 0 Å². The molecule has 0 spiro atoms. The molecule has 0 fully saturated rings. The molecule has 0 atom stereocenters. The first-order valence-corrected chi connectivity index (χ1v) is 8.04. The van der Waals surface area contributed by atoms with Crippen LogP contribution in [0.25, 0.3) is 11.4 Å². The fourth-order valence-corrected chi connectivity index (χ4v) is 2.98. The summed E-state index contributed by atoms with van der Waals surface area (Å²) in [5, 5.41) is 4.96. The largest absolute Gasteiger partial charge is 0.454 e. The highest BCUT2D eigenvalue weighted by atomic mass is 32.2. The Bertz CT molecular complexity index is 850. The van der Waals surface area contributed by atoms with Gasteiger partial charge in [0.15, 0.2) is 11.5 Å². The number of benzene rings is 1. The van der Waals surface area contributed by atoms with E-state index in [0.717, 1.165) is 16.3 Å². The number of aryl methyl sites for hydroxylation is 1. The number of fused-ring (bicyclic) bond motifs is 1. The van der Waals surface area contributed by atoms with Gasteiger partial charge in [-0.1, -0.05) is 16.9 Å². The van der Waals surface area contributed by atoms with Crippen LogP contribution >= 0.6 is 11.8 Å². The van der Waals surface area contributed by atoms with Crippen LogP contribution in [0.5, 0.6) is 11.5 Å². The van der Waals surface area contributed by atoms with E-state index >= 15 is 0 Å². The number of rotatable bonds is 4. The molecule has 0 N–H and O–H groups in total. The molecule has 7 heteroatoms. The molecule has 1 aromatic carbocycles. The third-order valence-corrected chi connectivity index (χ3v) is 4.24. The van der Waals surface area contributed by atoms with Crippen LogP contribution in [0.4, 0.5) is 0 Å². The summed E-state index contributed by atoms with van der Waals surface area (Å²) < 4.78 is 16.0. The molecule has 4 rings (SSSR count). The minimum Gasteiger partial charge on any atom is -0.454 e. The third kappa shape index (κ3) is 3.00. The van der Waals surface area contributed by atoms with E-state index in [1.807, 2.05) is 37.3 Å². The van der Waals surface area contributed by atoms with E-state index in [1.165, 1.54) is 5.56 Å². The summed E-state index contributed by atoms with van der Waals surface area (Å²) in [6, 6.07) is 9.58. The fraction of sp³-hybridized carbons (Fsp3) is 0.188. The molecular weight excluding hydrogens is 314 g/mol. The highest BCUT2D eigenvalue weighted by Crippen LogP contribution is 2.35. The maximum atomic E-state index is 5.36. The minimum atomic E-state index is 0.246. The number of ether oxygens (including phenoxy) is 2. The van der Waals surface area contributed by atoms with Crippen LogP contribution in [-0.4, -0.2) is 21.9 Å². The van der Waals surface area contributed by atoms with E-state index in [9.17, 15) is 0 Å². The van der Waals surface area contributed by atoms with Crippen LogP contribution in [0.15, 0.2) is 46.1 Å². The molecule has 0 aliphatic carbocycles. The Morgan fingerprint density at radius 1 is 1.13 bits per heavy atom. The molecule has 0 bridgehead atoms. The predicted molar refractivity (Wildman–Crippen MR) is 84.4 cm³/mol. The zero-order valence-electron chi connectivity index (χ0n) is 12.4. The molecule has 23 heavy (non-hydrogen) atoms. The van der Waals surface area contributed by atoms with E-state index in [2.05, 4.69) is 15.1 Å². The Labute approximate surface area is 136 Å². The molecule has 0 radical (unpaired) electrons. The highest BCUT2D eigenvalue weighted by Gasteiger charge is 2.16. The Balaban J connectivity index is 1.48. The van der Waals surface area contributed by atoms with Gasteiger partial charge in [-0.15, -0.1) is 0 Å². The van der Waals surface area contributed by atoms with Crippen LogP contribution in [-0.2, 0) is 5.75 Å². The van der Waals surface area contributed by atoms with Crippen molar-refractivity contribution in [1.82, 2.24) is 15.1 Å². The molecule has 1 aliphatic rings. The van der Waals surface area contributed by atoms with Crippen molar-refractivity contribution >= 4 is 11.8 Å². The van der Waals surface area contributed by atoms with Crippen LogP contribution in [0.2, 0.25) is 0 Å². The van der Waals surface area contributed by atoms with Gasteiger partial charge in [-0.2, -0.15) is 4.98 Å². The Morgan fingerprint density at radius 2 is 2.04 bits per heavy atom. The highest BCUT2D eigenvalue weighted by molar-refractivity contribution is 7.98. The quantitative estimate of drug-likeness (QED) is 0.680. The van der Waals surface area contributed by atoms with Crippen molar-refractivity contribution in [3.8, 4) is 22.9 Å². The maximum absolute atomic E-state index is 5.36. The number of hydrogen-bond acceptors (Lipinski definition) is 7. The first-order chi connectivity index (χ1) is 11.3. The summed E-state index contributed by atoms with van der Waals surface area (Å²) in [5.74, 6) is 3.11. The third-order valence-electron chi connectivity index (χ3n) is 3.33. The lowest BCUT2D eigenvalue weighted by molar-refractivity contribution is 0.174. The summed E-state index contributed by atoms with van der Waals surface area (Å²) in [5.41, 5.74) is 2.01. The molecule has 0 amide bonds. The van der Waals surface area contributed by atoms with Crippen molar-refractivity contribution < 1.29 is 14.0 Å². The monoisotopic (exact) mass is 327 g/mol. The SMILES string of the molecule is Cc1ccnc(SCc2nc(-c3ccc4c(c3)OCO4)no2)c1. The topological polar surface area (TPSA) is 70.3 Å². The van der Waals surface area contributed by atoms with Crippen molar-refractivity contribution in [2.45, 2.75) is 17.7 Å². The number of hydrogen-bond donors (Lipinski definition) is 0. The van der Waals surface area contributed by atoms with E-state index in [1.54, 1.807) is 18.0 Å². The molecule has 3 aromatic rings. The lowest BCUT2D eigenvalue weighted by Crippen LogP contribution is -1.92. The first-order valence-electron chi connectivity index (χ1n) is 7.06. The Hall–Kier alpha value is -2.54. The van der Waals surface area contributed by atoms with Crippen LogP contribution < -0.4 is 9.47 Å². The standard InChI is InChI=1S/C16H13N3O3S/c1-10-4-5-17-15(6-10)23-8-14-18-16(19-22-14)11-2-3-12-13(7-11)21-9-20-12/h2-7H,8-9H2,1H3. The van der Waals surface area contributed by atoms with Gasteiger partial charge in [0.25, 0.3) is 0 Å². The van der Waals surface area contributed by atoms with Crippen molar-refractivity contribution in [2.24, 2.45) is 0 Å². The summed E-state index contributed by atoms with van der Waals surface area (Å²) in [4.78, 5) is 8.72. The second kappa shape index (κ2) is 5.92.